The lowest BCUT2D eigenvalue weighted by molar-refractivity contribution is -0.118. The average molecular weight is 274 g/mol. The normalized spacial score (nSPS) is 12.7. The molecule has 2 rings (SSSR count). The molecule has 4 nitrogen and oxygen atoms in total. The Hall–Kier alpha value is -1.81. The first-order valence-electron chi connectivity index (χ1n) is 7.09. The van der Waals surface area contributed by atoms with E-state index in [1.807, 2.05) is 18.2 Å². The first-order valence-corrected chi connectivity index (χ1v) is 7.09. The summed E-state index contributed by atoms with van der Waals surface area (Å²) in [6, 6.07) is 8.24. The fraction of sp³-hybridized carbons (Fsp3) is 0.438. The van der Waals surface area contributed by atoms with Gasteiger partial charge in [-0.3, -0.25) is 4.79 Å². The molecule has 0 aliphatic rings. The van der Waals surface area contributed by atoms with Crippen molar-refractivity contribution in [1.29, 1.82) is 0 Å². The molecular formula is C16H22N2O2. The third kappa shape index (κ3) is 3.39. The van der Waals surface area contributed by atoms with Gasteiger partial charge in [-0.2, -0.15) is 0 Å². The van der Waals surface area contributed by atoms with Gasteiger partial charge in [-0.05, 0) is 44.9 Å². The molecule has 3 N–H and O–H groups in total. The lowest BCUT2D eigenvalue weighted by Crippen LogP contribution is -2.20. The molecule has 1 amide bonds. The van der Waals surface area contributed by atoms with Gasteiger partial charge in [0, 0.05) is 11.8 Å². The monoisotopic (exact) mass is 274 g/mol. The Morgan fingerprint density at radius 1 is 1.35 bits per heavy atom. The summed E-state index contributed by atoms with van der Waals surface area (Å²) in [5, 5.41) is 4.60. The molecule has 4 heteroatoms. The topological polar surface area (TPSA) is 68.3 Å². The quantitative estimate of drug-likeness (QED) is 0.762. The Morgan fingerprint density at radius 2 is 2.10 bits per heavy atom. The summed E-state index contributed by atoms with van der Waals surface area (Å²) in [5.41, 5.74) is 7.24. The molecule has 108 valence electrons. The van der Waals surface area contributed by atoms with E-state index in [1.165, 1.54) is 10.9 Å². The Balaban J connectivity index is 1.92. The van der Waals surface area contributed by atoms with E-state index in [2.05, 4.69) is 25.2 Å². The second kappa shape index (κ2) is 6.57. The van der Waals surface area contributed by atoms with Crippen molar-refractivity contribution in [2.75, 3.05) is 6.54 Å². The van der Waals surface area contributed by atoms with Crippen LogP contribution in [-0.4, -0.2) is 12.5 Å². The first-order chi connectivity index (χ1) is 9.59. The molecule has 1 unspecified atom stereocenters. The van der Waals surface area contributed by atoms with E-state index in [0.717, 1.165) is 30.7 Å². The van der Waals surface area contributed by atoms with Gasteiger partial charge in [0.05, 0.1) is 6.04 Å². The van der Waals surface area contributed by atoms with Crippen molar-refractivity contribution in [1.82, 2.24) is 5.32 Å². The van der Waals surface area contributed by atoms with Gasteiger partial charge < -0.3 is 15.5 Å². The van der Waals surface area contributed by atoms with Gasteiger partial charge in [-0.25, -0.2) is 0 Å². The predicted octanol–water partition coefficient (Wildman–Crippen LogP) is 3.05. The molecule has 0 bridgehead atoms. The van der Waals surface area contributed by atoms with Crippen LogP contribution in [0.5, 0.6) is 0 Å². The Bertz CT molecular complexity index is 589. The Kier molecular flexibility index (Phi) is 4.79. The van der Waals surface area contributed by atoms with Crippen LogP contribution in [0.25, 0.3) is 11.0 Å². The smallest absolute Gasteiger partial charge is 0.217 e. The maximum Gasteiger partial charge on any atom is 0.217 e. The number of hydrogen-bond donors (Lipinski definition) is 2. The summed E-state index contributed by atoms with van der Waals surface area (Å²) >= 11 is 0. The zero-order valence-corrected chi connectivity index (χ0v) is 12.1. The minimum absolute atomic E-state index is 0.163. The lowest BCUT2D eigenvalue weighted by atomic mass is 10.1. The summed E-state index contributed by atoms with van der Waals surface area (Å²) in [6.07, 6.45) is 2.22. The zero-order valence-electron chi connectivity index (χ0n) is 12.1. The molecule has 0 aliphatic carbocycles. The van der Waals surface area contributed by atoms with Crippen LogP contribution in [0.4, 0.5) is 0 Å². The molecule has 0 saturated carbocycles. The van der Waals surface area contributed by atoms with E-state index < -0.39 is 0 Å². The summed E-state index contributed by atoms with van der Waals surface area (Å²) < 4.78 is 5.92. The number of nitrogens with two attached hydrogens (primary N) is 1. The Labute approximate surface area is 119 Å². The van der Waals surface area contributed by atoms with E-state index in [4.69, 9.17) is 10.2 Å². The number of aryl methyl sites for hydroxylation is 1. The van der Waals surface area contributed by atoms with Gasteiger partial charge in [0.25, 0.3) is 0 Å². The zero-order chi connectivity index (χ0) is 14.5. The molecule has 2 aromatic rings. The van der Waals surface area contributed by atoms with Crippen molar-refractivity contribution >= 4 is 16.9 Å². The second-order valence-corrected chi connectivity index (χ2v) is 5.19. The number of para-hydroxylation sites is 1. The standard InChI is InChI=1S/C16H22N2O2/c1-11-13-7-3-4-8-14(13)20-16(11)12(2)18-10-6-5-9-15(17)19/h3-4,7-8,12,18H,5-6,9-10H2,1-2H3,(H2,17,19). The molecule has 0 fully saturated rings. The van der Waals surface area contributed by atoms with E-state index in [-0.39, 0.29) is 11.9 Å². The molecule has 0 saturated heterocycles. The molecule has 0 radical (unpaired) electrons. The minimum atomic E-state index is -0.230. The highest BCUT2D eigenvalue weighted by Gasteiger charge is 2.15. The fourth-order valence-corrected chi connectivity index (χ4v) is 2.44. The molecule has 1 atom stereocenters. The Morgan fingerprint density at radius 3 is 2.80 bits per heavy atom. The number of furan rings is 1. The highest BCUT2D eigenvalue weighted by Crippen LogP contribution is 2.28. The van der Waals surface area contributed by atoms with E-state index in [1.54, 1.807) is 0 Å². The molecular weight excluding hydrogens is 252 g/mol. The fourth-order valence-electron chi connectivity index (χ4n) is 2.44. The van der Waals surface area contributed by atoms with Gasteiger partial charge in [0.1, 0.15) is 11.3 Å². The summed E-state index contributed by atoms with van der Waals surface area (Å²) in [7, 11) is 0. The number of unbranched alkanes of at least 4 members (excludes halogenated alkanes) is 1. The average Bonchev–Trinajstić information content (AvgIpc) is 2.76. The van der Waals surface area contributed by atoms with Gasteiger partial charge in [-0.1, -0.05) is 18.2 Å². The summed E-state index contributed by atoms with van der Waals surface area (Å²) in [5.74, 6) is 0.757. The van der Waals surface area contributed by atoms with Crippen LogP contribution < -0.4 is 11.1 Å². The number of amides is 1. The number of fused-ring (bicyclic) bond motifs is 1. The minimum Gasteiger partial charge on any atom is -0.459 e. The molecule has 20 heavy (non-hydrogen) atoms. The second-order valence-electron chi connectivity index (χ2n) is 5.19. The number of carbonyl (C=O) groups excluding carboxylic acids is 1. The number of rotatable bonds is 7. The van der Waals surface area contributed by atoms with Crippen LogP contribution >= 0.6 is 0 Å². The van der Waals surface area contributed by atoms with Crippen molar-refractivity contribution in [3.05, 3.63) is 35.6 Å². The van der Waals surface area contributed by atoms with Crippen LogP contribution in [0.3, 0.4) is 0 Å². The van der Waals surface area contributed by atoms with Crippen molar-refractivity contribution < 1.29 is 9.21 Å². The van der Waals surface area contributed by atoms with E-state index in [0.29, 0.717) is 6.42 Å². The predicted molar refractivity (Wildman–Crippen MR) is 80.4 cm³/mol. The van der Waals surface area contributed by atoms with Crippen molar-refractivity contribution in [2.24, 2.45) is 5.73 Å². The maximum absolute atomic E-state index is 10.6. The van der Waals surface area contributed by atoms with E-state index >= 15 is 0 Å². The largest absolute Gasteiger partial charge is 0.459 e. The highest BCUT2D eigenvalue weighted by atomic mass is 16.3. The molecule has 0 aliphatic heterocycles. The number of hydrogen-bond acceptors (Lipinski definition) is 3. The van der Waals surface area contributed by atoms with Gasteiger partial charge in [0.15, 0.2) is 0 Å². The summed E-state index contributed by atoms with van der Waals surface area (Å²) in [6.45, 7) is 5.04. The maximum atomic E-state index is 10.6. The van der Waals surface area contributed by atoms with Crippen LogP contribution in [0.2, 0.25) is 0 Å². The van der Waals surface area contributed by atoms with Crippen molar-refractivity contribution in [2.45, 2.75) is 39.2 Å². The van der Waals surface area contributed by atoms with Crippen molar-refractivity contribution in [3.63, 3.8) is 0 Å². The first kappa shape index (κ1) is 14.6. The van der Waals surface area contributed by atoms with Crippen molar-refractivity contribution in [3.8, 4) is 0 Å². The molecule has 1 aromatic carbocycles. The third-order valence-corrected chi connectivity index (χ3v) is 3.57. The van der Waals surface area contributed by atoms with E-state index in [9.17, 15) is 4.79 Å². The highest BCUT2D eigenvalue weighted by molar-refractivity contribution is 5.82. The van der Waals surface area contributed by atoms with Gasteiger partial charge in [-0.15, -0.1) is 0 Å². The van der Waals surface area contributed by atoms with Crippen LogP contribution in [0, 0.1) is 6.92 Å². The molecule has 1 heterocycles. The van der Waals surface area contributed by atoms with Crippen LogP contribution in [0.1, 0.15) is 43.6 Å². The molecule has 1 aromatic heterocycles. The third-order valence-electron chi connectivity index (χ3n) is 3.57. The van der Waals surface area contributed by atoms with Gasteiger partial charge in [0.2, 0.25) is 5.91 Å². The number of primary amides is 1. The summed E-state index contributed by atoms with van der Waals surface area (Å²) in [4.78, 5) is 10.6. The van der Waals surface area contributed by atoms with Gasteiger partial charge >= 0.3 is 0 Å². The number of carbonyl (C=O) groups is 1. The SMILES string of the molecule is Cc1c(C(C)NCCCCC(N)=O)oc2ccccc12. The number of nitrogens with one attached hydrogen (secondary N) is 1. The van der Waals surface area contributed by atoms with Crippen LogP contribution in [0.15, 0.2) is 28.7 Å². The number of benzene rings is 1. The molecule has 0 spiro atoms. The lowest BCUT2D eigenvalue weighted by Gasteiger charge is -2.12. The van der Waals surface area contributed by atoms with Crippen LogP contribution in [-0.2, 0) is 4.79 Å².